The SMILES string of the molecule is CSc1ccc(C2c3cccn3-c3ccccc3CN2C(=O)NCc2ccc(C)cc2)cc1. The summed E-state index contributed by atoms with van der Waals surface area (Å²) in [6, 6.07) is 29.1. The number of hydrogen-bond acceptors (Lipinski definition) is 2. The second-order valence-electron chi connectivity index (χ2n) is 8.38. The first-order valence-corrected chi connectivity index (χ1v) is 12.4. The zero-order chi connectivity index (χ0) is 22.8. The summed E-state index contributed by atoms with van der Waals surface area (Å²) in [5.74, 6) is 0. The van der Waals surface area contributed by atoms with Crippen molar-refractivity contribution in [3.8, 4) is 5.69 Å². The summed E-state index contributed by atoms with van der Waals surface area (Å²) in [7, 11) is 0. The van der Waals surface area contributed by atoms with Gasteiger partial charge in [0.25, 0.3) is 0 Å². The minimum absolute atomic E-state index is 0.0704. The van der Waals surface area contributed by atoms with Gasteiger partial charge < -0.3 is 14.8 Å². The molecule has 1 unspecified atom stereocenters. The van der Waals surface area contributed by atoms with E-state index in [2.05, 4.69) is 108 Å². The standard InChI is InChI=1S/C28H27N3OS/c1-20-9-11-21(12-10-20)18-29-28(32)31-19-23-6-3-4-7-25(23)30-17-5-8-26(30)27(31)22-13-15-24(33-2)16-14-22/h3-17,27H,18-19H2,1-2H3,(H,29,32). The van der Waals surface area contributed by atoms with Crippen LogP contribution in [0.3, 0.4) is 0 Å². The van der Waals surface area contributed by atoms with Crippen LogP contribution in [0.4, 0.5) is 4.79 Å². The Morgan fingerprint density at radius 3 is 2.48 bits per heavy atom. The van der Waals surface area contributed by atoms with Gasteiger partial charge in [0.1, 0.15) is 0 Å². The molecule has 1 N–H and O–H groups in total. The molecule has 0 aliphatic carbocycles. The maximum Gasteiger partial charge on any atom is 0.318 e. The summed E-state index contributed by atoms with van der Waals surface area (Å²) in [5.41, 5.74) is 6.74. The maximum atomic E-state index is 13.6. The molecule has 1 aliphatic heterocycles. The van der Waals surface area contributed by atoms with E-state index in [9.17, 15) is 4.79 Å². The van der Waals surface area contributed by atoms with Crippen molar-refractivity contribution >= 4 is 17.8 Å². The number of urea groups is 1. The Morgan fingerprint density at radius 2 is 1.73 bits per heavy atom. The number of para-hydroxylation sites is 1. The van der Waals surface area contributed by atoms with Crippen LogP contribution in [0.15, 0.2) is 96.0 Å². The number of rotatable bonds is 4. The largest absolute Gasteiger partial charge is 0.334 e. The second kappa shape index (κ2) is 9.20. The van der Waals surface area contributed by atoms with E-state index in [-0.39, 0.29) is 12.1 Å². The first kappa shape index (κ1) is 21.4. The lowest BCUT2D eigenvalue weighted by atomic mass is 10.0. The van der Waals surface area contributed by atoms with Crippen molar-refractivity contribution in [1.29, 1.82) is 0 Å². The van der Waals surface area contributed by atoms with E-state index in [0.29, 0.717) is 13.1 Å². The van der Waals surface area contributed by atoms with Crippen molar-refractivity contribution in [2.45, 2.75) is 31.0 Å². The van der Waals surface area contributed by atoms with Gasteiger partial charge in [-0.3, -0.25) is 0 Å². The summed E-state index contributed by atoms with van der Waals surface area (Å²) in [6.45, 7) is 3.10. The second-order valence-corrected chi connectivity index (χ2v) is 9.26. The van der Waals surface area contributed by atoms with E-state index in [1.54, 1.807) is 11.8 Å². The van der Waals surface area contributed by atoms with Crippen LogP contribution in [0.5, 0.6) is 0 Å². The summed E-state index contributed by atoms with van der Waals surface area (Å²) in [4.78, 5) is 16.8. The number of hydrogen-bond donors (Lipinski definition) is 1. The number of nitrogens with one attached hydrogen (secondary N) is 1. The molecule has 2 heterocycles. The molecular formula is C28H27N3OS. The fourth-order valence-electron chi connectivity index (χ4n) is 4.46. The molecule has 0 fully saturated rings. The van der Waals surface area contributed by atoms with Gasteiger partial charge in [-0.1, -0.05) is 60.2 Å². The number of aryl methyl sites for hydroxylation is 1. The number of aromatic nitrogens is 1. The quantitative estimate of drug-likeness (QED) is 0.367. The Labute approximate surface area is 199 Å². The van der Waals surface area contributed by atoms with Crippen molar-refractivity contribution < 1.29 is 4.79 Å². The van der Waals surface area contributed by atoms with Gasteiger partial charge >= 0.3 is 6.03 Å². The lowest BCUT2D eigenvalue weighted by Gasteiger charge is -2.31. The molecule has 4 aromatic rings. The molecule has 0 saturated heterocycles. The summed E-state index contributed by atoms with van der Waals surface area (Å²) < 4.78 is 2.22. The zero-order valence-corrected chi connectivity index (χ0v) is 19.7. The van der Waals surface area contributed by atoms with Gasteiger partial charge in [-0.2, -0.15) is 0 Å². The van der Waals surface area contributed by atoms with Crippen LogP contribution in [0.1, 0.15) is 34.0 Å². The lowest BCUT2D eigenvalue weighted by Crippen LogP contribution is -2.41. The lowest BCUT2D eigenvalue weighted by molar-refractivity contribution is 0.180. The molecular weight excluding hydrogens is 426 g/mol. The third-order valence-corrected chi connectivity index (χ3v) is 6.96. The third kappa shape index (κ3) is 4.29. The van der Waals surface area contributed by atoms with Crippen LogP contribution >= 0.6 is 11.8 Å². The molecule has 4 nitrogen and oxygen atoms in total. The predicted octanol–water partition coefficient (Wildman–Crippen LogP) is 6.32. The molecule has 3 aromatic carbocycles. The molecule has 0 bridgehead atoms. The summed E-state index contributed by atoms with van der Waals surface area (Å²) >= 11 is 1.72. The summed E-state index contributed by atoms with van der Waals surface area (Å²) in [6.07, 6.45) is 4.17. The van der Waals surface area contributed by atoms with E-state index >= 15 is 0 Å². The highest BCUT2D eigenvalue weighted by atomic mass is 32.2. The van der Waals surface area contributed by atoms with Gasteiger partial charge in [0.05, 0.1) is 18.3 Å². The monoisotopic (exact) mass is 453 g/mol. The Hall–Kier alpha value is -3.44. The molecule has 0 saturated carbocycles. The number of fused-ring (bicyclic) bond motifs is 3. The minimum Gasteiger partial charge on any atom is -0.334 e. The van der Waals surface area contributed by atoms with E-state index in [1.807, 2.05) is 11.0 Å². The van der Waals surface area contributed by atoms with Crippen molar-refractivity contribution in [3.63, 3.8) is 0 Å². The van der Waals surface area contributed by atoms with Crippen molar-refractivity contribution in [2.75, 3.05) is 6.26 Å². The molecule has 0 spiro atoms. The van der Waals surface area contributed by atoms with Crippen LogP contribution < -0.4 is 5.32 Å². The van der Waals surface area contributed by atoms with Gasteiger partial charge in [0.2, 0.25) is 0 Å². The van der Waals surface area contributed by atoms with E-state index in [1.165, 1.54) is 10.5 Å². The van der Waals surface area contributed by atoms with Gasteiger partial charge in [-0.15, -0.1) is 11.8 Å². The van der Waals surface area contributed by atoms with E-state index in [4.69, 9.17) is 0 Å². The zero-order valence-electron chi connectivity index (χ0n) is 18.9. The Balaban J connectivity index is 1.54. The van der Waals surface area contributed by atoms with Crippen molar-refractivity contribution in [1.82, 2.24) is 14.8 Å². The molecule has 5 heteroatoms. The van der Waals surface area contributed by atoms with E-state index < -0.39 is 0 Å². The van der Waals surface area contributed by atoms with Crippen LogP contribution in [-0.2, 0) is 13.1 Å². The average molecular weight is 454 g/mol. The topological polar surface area (TPSA) is 37.3 Å². The Morgan fingerprint density at radius 1 is 0.970 bits per heavy atom. The minimum atomic E-state index is -0.193. The molecule has 5 rings (SSSR count). The Bertz CT molecular complexity index is 1260. The first-order chi connectivity index (χ1) is 16.1. The first-order valence-electron chi connectivity index (χ1n) is 11.1. The molecule has 166 valence electrons. The number of carbonyl (C=O) groups is 1. The average Bonchev–Trinajstić information content (AvgIpc) is 3.28. The fraction of sp³-hybridized carbons (Fsp3) is 0.179. The number of carbonyl (C=O) groups excluding carboxylic acids is 1. The number of nitrogens with zero attached hydrogens (tertiary/aromatic N) is 2. The Kier molecular flexibility index (Phi) is 5.97. The van der Waals surface area contributed by atoms with Crippen molar-refractivity contribution in [2.24, 2.45) is 0 Å². The predicted molar refractivity (Wildman–Crippen MR) is 135 cm³/mol. The normalized spacial score (nSPS) is 14.8. The van der Waals surface area contributed by atoms with Crippen LogP contribution in [0.2, 0.25) is 0 Å². The molecule has 1 aliphatic rings. The van der Waals surface area contributed by atoms with Crippen LogP contribution in [0.25, 0.3) is 5.69 Å². The van der Waals surface area contributed by atoms with Crippen molar-refractivity contribution in [3.05, 3.63) is 119 Å². The van der Waals surface area contributed by atoms with Gasteiger partial charge in [0.15, 0.2) is 0 Å². The van der Waals surface area contributed by atoms with E-state index in [0.717, 1.165) is 28.1 Å². The number of benzene rings is 3. The number of thioether (sulfide) groups is 1. The highest BCUT2D eigenvalue weighted by Crippen LogP contribution is 2.37. The van der Waals surface area contributed by atoms with Crippen LogP contribution in [-0.4, -0.2) is 21.8 Å². The molecule has 1 atom stereocenters. The number of amides is 2. The molecule has 1 aromatic heterocycles. The highest BCUT2D eigenvalue weighted by molar-refractivity contribution is 7.98. The van der Waals surface area contributed by atoms with Gasteiger partial charge in [-0.25, -0.2) is 4.79 Å². The molecule has 33 heavy (non-hydrogen) atoms. The van der Waals surface area contributed by atoms with Gasteiger partial charge in [0, 0.05) is 23.3 Å². The molecule has 2 amide bonds. The summed E-state index contributed by atoms with van der Waals surface area (Å²) in [5, 5.41) is 3.17. The molecule has 0 radical (unpaired) electrons. The van der Waals surface area contributed by atoms with Crippen LogP contribution in [0, 0.1) is 6.92 Å². The smallest absolute Gasteiger partial charge is 0.318 e. The highest BCUT2D eigenvalue weighted by Gasteiger charge is 2.32. The fourth-order valence-corrected chi connectivity index (χ4v) is 4.87. The maximum absolute atomic E-state index is 13.6. The third-order valence-electron chi connectivity index (χ3n) is 6.22. The van der Waals surface area contributed by atoms with Gasteiger partial charge in [-0.05, 0) is 60.2 Å².